The zero-order valence-corrected chi connectivity index (χ0v) is 12.8. The Labute approximate surface area is 122 Å². The van der Waals surface area contributed by atoms with Gasteiger partial charge in [0.25, 0.3) is 0 Å². The van der Waals surface area contributed by atoms with Crippen molar-refractivity contribution < 1.29 is 4.79 Å². The van der Waals surface area contributed by atoms with Crippen LogP contribution in [0.5, 0.6) is 0 Å². The molecular formula is C17H26N2O. The Bertz CT molecular complexity index is 444. The molecule has 3 heteroatoms. The van der Waals surface area contributed by atoms with Crippen molar-refractivity contribution in [1.82, 2.24) is 10.6 Å². The van der Waals surface area contributed by atoms with Crippen LogP contribution >= 0.6 is 0 Å². The second kappa shape index (κ2) is 6.89. The highest BCUT2D eigenvalue weighted by atomic mass is 16.1. The zero-order valence-electron chi connectivity index (χ0n) is 12.8. The highest BCUT2D eigenvalue weighted by Crippen LogP contribution is 2.13. The van der Waals surface area contributed by atoms with Gasteiger partial charge in [0, 0.05) is 12.6 Å². The van der Waals surface area contributed by atoms with Crippen molar-refractivity contribution in [2.24, 2.45) is 5.92 Å². The summed E-state index contributed by atoms with van der Waals surface area (Å²) in [4.78, 5) is 12.2. The van der Waals surface area contributed by atoms with E-state index in [9.17, 15) is 4.79 Å². The summed E-state index contributed by atoms with van der Waals surface area (Å²) in [5.74, 6) is 0.347. The monoisotopic (exact) mass is 274 g/mol. The molecule has 1 aliphatic rings. The SMILES string of the molecule is Cc1cc(C)cc(CC(C)NC(=O)C2CCCNC2)c1. The van der Waals surface area contributed by atoms with Crippen molar-refractivity contribution in [3.63, 3.8) is 0 Å². The molecule has 1 aromatic rings. The first-order valence-electron chi connectivity index (χ1n) is 7.63. The maximum Gasteiger partial charge on any atom is 0.224 e. The summed E-state index contributed by atoms with van der Waals surface area (Å²) in [5.41, 5.74) is 3.88. The van der Waals surface area contributed by atoms with Gasteiger partial charge in [0.05, 0.1) is 5.92 Å². The fourth-order valence-corrected chi connectivity index (χ4v) is 3.03. The van der Waals surface area contributed by atoms with Crippen molar-refractivity contribution in [2.75, 3.05) is 13.1 Å². The van der Waals surface area contributed by atoms with Gasteiger partial charge in [-0.15, -0.1) is 0 Å². The Morgan fingerprint density at radius 2 is 2.05 bits per heavy atom. The Balaban J connectivity index is 1.88. The number of piperidine rings is 1. The van der Waals surface area contributed by atoms with Gasteiger partial charge >= 0.3 is 0 Å². The molecule has 1 aliphatic heterocycles. The lowest BCUT2D eigenvalue weighted by molar-refractivity contribution is -0.126. The van der Waals surface area contributed by atoms with Crippen molar-refractivity contribution in [1.29, 1.82) is 0 Å². The minimum absolute atomic E-state index is 0.144. The summed E-state index contributed by atoms with van der Waals surface area (Å²) >= 11 is 0. The maximum absolute atomic E-state index is 12.2. The topological polar surface area (TPSA) is 41.1 Å². The molecule has 0 spiro atoms. The third-order valence-corrected chi connectivity index (χ3v) is 3.88. The Morgan fingerprint density at radius 3 is 2.65 bits per heavy atom. The number of aryl methyl sites for hydroxylation is 2. The molecule has 1 aromatic carbocycles. The van der Waals surface area contributed by atoms with Gasteiger partial charge in [-0.1, -0.05) is 29.3 Å². The molecule has 110 valence electrons. The van der Waals surface area contributed by atoms with Gasteiger partial charge in [-0.05, 0) is 52.1 Å². The van der Waals surface area contributed by atoms with Crippen LogP contribution in [-0.2, 0) is 11.2 Å². The first-order valence-corrected chi connectivity index (χ1v) is 7.63. The van der Waals surface area contributed by atoms with Crippen molar-refractivity contribution in [2.45, 2.75) is 46.1 Å². The lowest BCUT2D eigenvalue weighted by atomic mass is 9.97. The highest BCUT2D eigenvalue weighted by Gasteiger charge is 2.21. The molecule has 1 fully saturated rings. The maximum atomic E-state index is 12.2. The Hall–Kier alpha value is -1.35. The van der Waals surface area contributed by atoms with Gasteiger partial charge in [-0.3, -0.25) is 4.79 Å². The number of amides is 1. The van der Waals surface area contributed by atoms with Crippen LogP contribution in [-0.4, -0.2) is 25.0 Å². The largest absolute Gasteiger partial charge is 0.353 e. The number of rotatable bonds is 4. The third-order valence-electron chi connectivity index (χ3n) is 3.88. The van der Waals surface area contributed by atoms with Gasteiger partial charge in [0.15, 0.2) is 0 Å². The van der Waals surface area contributed by atoms with Crippen LogP contribution in [0.4, 0.5) is 0 Å². The van der Waals surface area contributed by atoms with E-state index in [-0.39, 0.29) is 17.9 Å². The molecule has 0 aromatic heterocycles. The van der Waals surface area contributed by atoms with Gasteiger partial charge < -0.3 is 10.6 Å². The van der Waals surface area contributed by atoms with Crippen molar-refractivity contribution in [3.8, 4) is 0 Å². The van der Waals surface area contributed by atoms with Crippen LogP contribution in [0.2, 0.25) is 0 Å². The molecule has 1 heterocycles. The number of benzene rings is 1. The van der Waals surface area contributed by atoms with E-state index >= 15 is 0 Å². The second-order valence-electron chi connectivity index (χ2n) is 6.15. The van der Waals surface area contributed by atoms with Crippen molar-refractivity contribution in [3.05, 3.63) is 34.9 Å². The van der Waals surface area contributed by atoms with Gasteiger partial charge in [-0.25, -0.2) is 0 Å². The van der Waals surface area contributed by atoms with Crippen LogP contribution < -0.4 is 10.6 Å². The fourth-order valence-electron chi connectivity index (χ4n) is 3.03. The standard InChI is InChI=1S/C17H26N2O/c1-12-7-13(2)9-15(8-12)10-14(3)19-17(20)16-5-4-6-18-11-16/h7-9,14,16,18H,4-6,10-11H2,1-3H3,(H,19,20). The smallest absolute Gasteiger partial charge is 0.224 e. The third kappa shape index (κ3) is 4.34. The van der Waals surface area contributed by atoms with Crippen LogP contribution in [0.1, 0.15) is 36.5 Å². The van der Waals surface area contributed by atoms with Crippen LogP contribution in [0.3, 0.4) is 0 Å². The normalized spacial score (nSPS) is 20.4. The van der Waals surface area contributed by atoms with Gasteiger partial charge in [-0.2, -0.15) is 0 Å². The molecule has 0 radical (unpaired) electrons. The molecule has 1 saturated heterocycles. The molecule has 2 unspecified atom stereocenters. The lowest BCUT2D eigenvalue weighted by Crippen LogP contribution is -2.44. The van der Waals surface area contributed by atoms with Crippen molar-refractivity contribution >= 4 is 5.91 Å². The van der Waals surface area contributed by atoms with E-state index < -0.39 is 0 Å². The zero-order chi connectivity index (χ0) is 14.5. The molecule has 2 N–H and O–H groups in total. The minimum Gasteiger partial charge on any atom is -0.353 e. The van der Waals surface area contributed by atoms with Crippen LogP contribution in [0, 0.1) is 19.8 Å². The number of hydrogen-bond acceptors (Lipinski definition) is 2. The molecule has 20 heavy (non-hydrogen) atoms. The fraction of sp³-hybridized carbons (Fsp3) is 0.588. The molecule has 0 bridgehead atoms. The predicted octanol–water partition coefficient (Wildman–Crippen LogP) is 2.35. The number of carbonyl (C=O) groups is 1. The molecule has 3 nitrogen and oxygen atoms in total. The van der Waals surface area contributed by atoms with E-state index in [1.807, 2.05) is 0 Å². The van der Waals surface area contributed by atoms with Gasteiger partial charge in [0.1, 0.15) is 0 Å². The van der Waals surface area contributed by atoms with Gasteiger partial charge in [0.2, 0.25) is 5.91 Å². The van der Waals surface area contributed by atoms with E-state index in [0.717, 1.165) is 32.4 Å². The number of hydrogen-bond donors (Lipinski definition) is 2. The molecule has 0 saturated carbocycles. The summed E-state index contributed by atoms with van der Waals surface area (Å²) in [7, 11) is 0. The quantitative estimate of drug-likeness (QED) is 0.885. The van der Waals surface area contributed by atoms with E-state index in [1.165, 1.54) is 16.7 Å². The molecule has 2 atom stereocenters. The Morgan fingerprint density at radius 1 is 1.35 bits per heavy atom. The highest BCUT2D eigenvalue weighted by molar-refractivity contribution is 5.79. The number of carbonyl (C=O) groups excluding carboxylic acids is 1. The predicted molar refractivity (Wildman–Crippen MR) is 82.8 cm³/mol. The molecular weight excluding hydrogens is 248 g/mol. The van der Waals surface area contributed by atoms with E-state index in [1.54, 1.807) is 0 Å². The van der Waals surface area contributed by atoms with E-state index in [4.69, 9.17) is 0 Å². The van der Waals surface area contributed by atoms with E-state index in [2.05, 4.69) is 49.6 Å². The summed E-state index contributed by atoms with van der Waals surface area (Å²) in [6.45, 7) is 8.19. The summed E-state index contributed by atoms with van der Waals surface area (Å²) in [6.07, 6.45) is 3.01. The van der Waals surface area contributed by atoms with Crippen LogP contribution in [0.15, 0.2) is 18.2 Å². The molecule has 0 aliphatic carbocycles. The first kappa shape index (κ1) is 15.0. The summed E-state index contributed by atoms with van der Waals surface area (Å²) in [6, 6.07) is 6.78. The first-order chi connectivity index (χ1) is 9.54. The second-order valence-corrected chi connectivity index (χ2v) is 6.15. The van der Waals surface area contributed by atoms with E-state index in [0.29, 0.717) is 0 Å². The molecule has 1 amide bonds. The number of nitrogens with one attached hydrogen (secondary N) is 2. The Kier molecular flexibility index (Phi) is 5.18. The lowest BCUT2D eigenvalue weighted by Gasteiger charge is -2.24. The summed E-state index contributed by atoms with van der Waals surface area (Å²) < 4.78 is 0. The average Bonchev–Trinajstić information content (AvgIpc) is 2.38. The average molecular weight is 274 g/mol. The van der Waals surface area contributed by atoms with Crippen LogP contribution in [0.25, 0.3) is 0 Å². The minimum atomic E-state index is 0.144. The summed E-state index contributed by atoms with van der Waals surface area (Å²) in [5, 5.41) is 6.45. The molecule has 2 rings (SSSR count).